The standard InChI is InChI=1S/C15H19F2N3O4/c1-15(2,3)24-14(21)19-7-6-18-8-11(19)12-9(16)4-5-10(13(12)17)20(22)23/h4-5,11,18H,6-8H2,1-3H3. The first-order chi connectivity index (χ1) is 11.1. The van der Waals surface area contributed by atoms with Crippen molar-refractivity contribution in [2.45, 2.75) is 32.4 Å². The van der Waals surface area contributed by atoms with Gasteiger partial charge in [-0.2, -0.15) is 4.39 Å². The van der Waals surface area contributed by atoms with E-state index >= 15 is 0 Å². The fraction of sp³-hybridized carbons (Fsp3) is 0.533. The maximum atomic E-state index is 14.5. The van der Waals surface area contributed by atoms with Crippen LogP contribution in [0.3, 0.4) is 0 Å². The Morgan fingerprint density at radius 1 is 1.42 bits per heavy atom. The number of amides is 1. The fourth-order valence-electron chi connectivity index (χ4n) is 2.51. The molecule has 1 aliphatic rings. The Balaban J connectivity index is 2.43. The van der Waals surface area contributed by atoms with Crippen molar-refractivity contribution >= 4 is 11.8 Å². The zero-order valence-electron chi connectivity index (χ0n) is 13.6. The number of rotatable bonds is 2. The molecule has 0 spiro atoms. The zero-order chi connectivity index (χ0) is 18.1. The number of nitrogens with one attached hydrogen (secondary N) is 1. The molecule has 1 unspecified atom stereocenters. The van der Waals surface area contributed by atoms with E-state index in [1.807, 2.05) is 0 Å². The van der Waals surface area contributed by atoms with Gasteiger partial charge >= 0.3 is 11.8 Å². The Labute approximate surface area is 137 Å². The number of nitrogens with zero attached hydrogens (tertiary/aromatic N) is 2. The lowest BCUT2D eigenvalue weighted by Gasteiger charge is -2.37. The first-order valence-corrected chi connectivity index (χ1v) is 7.44. The highest BCUT2D eigenvalue weighted by Gasteiger charge is 2.36. The molecule has 132 valence electrons. The van der Waals surface area contributed by atoms with E-state index in [1.165, 1.54) is 4.90 Å². The van der Waals surface area contributed by atoms with Crippen LogP contribution in [0.2, 0.25) is 0 Å². The van der Waals surface area contributed by atoms with E-state index in [2.05, 4.69) is 5.32 Å². The number of nitro groups is 1. The first kappa shape index (κ1) is 18.1. The monoisotopic (exact) mass is 343 g/mol. The Morgan fingerprint density at radius 2 is 2.08 bits per heavy atom. The predicted octanol–water partition coefficient (Wildman–Crippen LogP) is 2.75. The van der Waals surface area contributed by atoms with Crippen LogP contribution < -0.4 is 5.32 Å². The van der Waals surface area contributed by atoms with Crippen LogP contribution in [0.5, 0.6) is 0 Å². The topological polar surface area (TPSA) is 84.7 Å². The van der Waals surface area contributed by atoms with Crippen LogP contribution >= 0.6 is 0 Å². The van der Waals surface area contributed by atoms with Crippen molar-refractivity contribution in [1.82, 2.24) is 10.2 Å². The number of hydrogen-bond acceptors (Lipinski definition) is 5. The quantitative estimate of drug-likeness (QED) is 0.659. The second-order valence-electron chi connectivity index (χ2n) is 6.44. The zero-order valence-corrected chi connectivity index (χ0v) is 13.6. The van der Waals surface area contributed by atoms with Gasteiger partial charge in [0.2, 0.25) is 5.82 Å². The largest absolute Gasteiger partial charge is 0.444 e. The Hall–Kier alpha value is -2.29. The van der Waals surface area contributed by atoms with Crippen molar-refractivity contribution in [1.29, 1.82) is 0 Å². The third-order valence-electron chi connectivity index (χ3n) is 3.51. The molecule has 0 aromatic heterocycles. The third kappa shape index (κ3) is 3.78. The van der Waals surface area contributed by atoms with Crippen LogP contribution in [0.1, 0.15) is 32.4 Å². The second-order valence-corrected chi connectivity index (χ2v) is 6.44. The highest BCUT2D eigenvalue weighted by Crippen LogP contribution is 2.32. The summed E-state index contributed by atoms with van der Waals surface area (Å²) in [5, 5.41) is 13.8. The molecule has 24 heavy (non-hydrogen) atoms. The molecular weight excluding hydrogens is 324 g/mol. The van der Waals surface area contributed by atoms with Gasteiger partial charge in [-0.3, -0.25) is 15.0 Å². The summed E-state index contributed by atoms with van der Waals surface area (Å²) in [6, 6.07) is 0.564. The molecule has 9 heteroatoms. The van der Waals surface area contributed by atoms with Gasteiger partial charge in [0.25, 0.3) is 0 Å². The summed E-state index contributed by atoms with van der Waals surface area (Å²) in [6.45, 7) is 5.69. The summed E-state index contributed by atoms with van der Waals surface area (Å²) in [5.74, 6) is -2.22. The van der Waals surface area contributed by atoms with Gasteiger partial charge in [-0.25, -0.2) is 9.18 Å². The van der Waals surface area contributed by atoms with Crippen molar-refractivity contribution in [3.63, 3.8) is 0 Å². The summed E-state index contributed by atoms with van der Waals surface area (Å²) in [6.07, 6.45) is -0.723. The Kier molecular flexibility index (Phi) is 5.02. The highest BCUT2D eigenvalue weighted by atomic mass is 19.1. The molecule has 1 N–H and O–H groups in total. The molecule has 0 aliphatic carbocycles. The highest BCUT2D eigenvalue weighted by molar-refractivity contribution is 5.69. The van der Waals surface area contributed by atoms with E-state index < -0.39 is 45.5 Å². The Bertz CT molecular complexity index is 661. The van der Waals surface area contributed by atoms with Crippen molar-refractivity contribution in [3.8, 4) is 0 Å². The second kappa shape index (κ2) is 6.68. The van der Waals surface area contributed by atoms with Gasteiger partial charge in [0, 0.05) is 25.7 Å². The summed E-state index contributed by atoms with van der Waals surface area (Å²) in [7, 11) is 0. The molecule has 0 bridgehead atoms. The Morgan fingerprint density at radius 3 is 2.67 bits per heavy atom. The van der Waals surface area contributed by atoms with E-state index in [4.69, 9.17) is 4.74 Å². The van der Waals surface area contributed by atoms with Gasteiger partial charge in [0.15, 0.2) is 0 Å². The molecular formula is C15H19F2N3O4. The van der Waals surface area contributed by atoms with E-state index in [0.29, 0.717) is 6.54 Å². The van der Waals surface area contributed by atoms with Crippen molar-refractivity contribution in [2.75, 3.05) is 19.6 Å². The van der Waals surface area contributed by atoms with Crippen molar-refractivity contribution < 1.29 is 23.2 Å². The third-order valence-corrected chi connectivity index (χ3v) is 3.51. The lowest BCUT2D eigenvalue weighted by Crippen LogP contribution is -2.50. The van der Waals surface area contributed by atoms with Crippen LogP contribution in [0.15, 0.2) is 12.1 Å². The number of nitro benzene ring substituents is 1. The first-order valence-electron chi connectivity index (χ1n) is 7.44. The average molecular weight is 343 g/mol. The summed E-state index contributed by atoms with van der Waals surface area (Å²) in [4.78, 5) is 23.5. The van der Waals surface area contributed by atoms with Crippen LogP contribution in [-0.4, -0.2) is 41.2 Å². The van der Waals surface area contributed by atoms with E-state index in [1.54, 1.807) is 20.8 Å². The van der Waals surface area contributed by atoms with Crippen LogP contribution in [0.4, 0.5) is 19.3 Å². The summed E-state index contributed by atoms with van der Waals surface area (Å²) < 4.78 is 33.9. The number of carbonyl (C=O) groups is 1. The summed E-state index contributed by atoms with van der Waals surface area (Å²) >= 11 is 0. The van der Waals surface area contributed by atoms with Crippen LogP contribution in [-0.2, 0) is 4.74 Å². The smallest absolute Gasteiger partial charge is 0.410 e. The molecule has 2 rings (SSSR count). The molecule has 1 aromatic carbocycles. The van der Waals surface area contributed by atoms with E-state index in [-0.39, 0.29) is 13.1 Å². The van der Waals surface area contributed by atoms with Gasteiger partial charge in [0.05, 0.1) is 16.5 Å². The van der Waals surface area contributed by atoms with Crippen LogP contribution in [0, 0.1) is 21.7 Å². The molecule has 0 saturated carbocycles. The van der Waals surface area contributed by atoms with Crippen molar-refractivity contribution in [2.24, 2.45) is 0 Å². The number of halogens is 2. The van der Waals surface area contributed by atoms with Crippen molar-refractivity contribution in [3.05, 3.63) is 39.4 Å². The number of piperazine rings is 1. The molecule has 1 aliphatic heterocycles. The van der Waals surface area contributed by atoms with Gasteiger partial charge in [-0.1, -0.05) is 0 Å². The lowest BCUT2D eigenvalue weighted by atomic mass is 10.0. The minimum Gasteiger partial charge on any atom is -0.444 e. The number of carbonyl (C=O) groups excluding carboxylic acids is 1. The number of ether oxygens (including phenoxy) is 1. The number of hydrogen-bond donors (Lipinski definition) is 1. The normalized spacial score (nSPS) is 18.4. The molecule has 0 radical (unpaired) electrons. The van der Waals surface area contributed by atoms with Gasteiger partial charge in [0.1, 0.15) is 11.4 Å². The fourth-order valence-corrected chi connectivity index (χ4v) is 2.51. The molecule has 1 aromatic rings. The number of benzene rings is 1. The summed E-state index contributed by atoms with van der Waals surface area (Å²) in [5.41, 5.74) is -2.12. The average Bonchev–Trinajstić information content (AvgIpc) is 2.45. The molecule has 1 atom stereocenters. The lowest BCUT2D eigenvalue weighted by molar-refractivity contribution is -0.387. The maximum Gasteiger partial charge on any atom is 0.410 e. The van der Waals surface area contributed by atoms with Gasteiger partial charge < -0.3 is 10.1 Å². The molecule has 1 heterocycles. The maximum absolute atomic E-state index is 14.5. The van der Waals surface area contributed by atoms with Gasteiger partial charge in [-0.15, -0.1) is 0 Å². The minimum absolute atomic E-state index is 0.0637. The molecule has 7 nitrogen and oxygen atoms in total. The minimum atomic E-state index is -1.28. The molecule has 1 saturated heterocycles. The molecule has 1 fully saturated rings. The molecule has 1 amide bonds. The van der Waals surface area contributed by atoms with E-state index in [9.17, 15) is 23.7 Å². The SMILES string of the molecule is CC(C)(C)OC(=O)N1CCNCC1c1c(F)ccc([N+](=O)[O-])c1F. The predicted molar refractivity (Wildman–Crippen MR) is 81.6 cm³/mol. The van der Waals surface area contributed by atoms with E-state index in [0.717, 1.165) is 12.1 Å². The van der Waals surface area contributed by atoms with Crippen LogP contribution in [0.25, 0.3) is 0 Å². The van der Waals surface area contributed by atoms with Gasteiger partial charge in [-0.05, 0) is 26.8 Å².